The van der Waals surface area contributed by atoms with E-state index in [2.05, 4.69) is 10.3 Å². The Morgan fingerprint density at radius 2 is 1.79 bits per heavy atom. The fourth-order valence-electron chi connectivity index (χ4n) is 3.13. The first-order chi connectivity index (χ1) is 13.8. The summed E-state index contributed by atoms with van der Waals surface area (Å²) in [7, 11) is 3.03. The van der Waals surface area contributed by atoms with Crippen molar-refractivity contribution in [2.45, 2.75) is 26.9 Å². The maximum Gasteiger partial charge on any atom is 0.355 e. The summed E-state index contributed by atoms with van der Waals surface area (Å²) in [4.78, 5) is 28.1. The van der Waals surface area contributed by atoms with Crippen LogP contribution in [0.5, 0.6) is 11.5 Å². The lowest BCUT2D eigenvalue weighted by Crippen LogP contribution is -2.30. The Morgan fingerprint density at radius 3 is 2.48 bits per heavy atom. The molecule has 3 aromatic rings. The smallest absolute Gasteiger partial charge is 0.355 e. The number of aromatic nitrogens is 1. The summed E-state index contributed by atoms with van der Waals surface area (Å²) in [6, 6.07) is 10.8. The molecule has 1 atom stereocenters. The number of ether oxygens (including phenoxy) is 3. The van der Waals surface area contributed by atoms with Gasteiger partial charge in [0, 0.05) is 17.0 Å². The van der Waals surface area contributed by atoms with Crippen LogP contribution in [0.25, 0.3) is 10.9 Å². The lowest BCUT2D eigenvalue weighted by molar-refractivity contribution is -0.123. The summed E-state index contributed by atoms with van der Waals surface area (Å²) in [5.74, 6) is -0.0415. The molecule has 0 aliphatic rings. The molecule has 7 heteroatoms. The zero-order chi connectivity index (χ0) is 21.1. The van der Waals surface area contributed by atoms with Crippen LogP contribution in [0, 0.1) is 13.8 Å². The second-order valence-electron chi connectivity index (χ2n) is 6.83. The van der Waals surface area contributed by atoms with Gasteiger partial charge in [-0.05, 0) is 56.2 Å². The standard InChI is InChI=1S/C22H24N2O5/c1-12-8-13(2)16-11-19(23-17(16)9-12)22(26)29-14(3)21(25)24-18-10-15(27-4)6-7-20(18)28-5/h6-11,14,23H,1-5H3,(H,24,25). The first-order valence-corrected chi connectivity index (χ1v) is 9.16. The fraction of sp³-hybridized carbons (Fsp3) is 0.273. The molecule has 0 saturated heterocycles. The molecule has 1 unspecified atom stereocenters. The molecule has 0 bridgehead atoms. The number of esters is 1. The Hall–Kier alpha value is -3.48. The van der Waals surface area contributed by atoms with Gasteiger partial charge in [-0.3, -0.25) is 4.79 Å². The van der Waals surface area contributed by atoms with E-state index in [1.165, 1.54) is 21.1 Å². The molecule has 3 rings (SSSR count). The molecule has 1 amide bonds. The molecule has 0 aliphatic heterocycles. The quantitative estimate of drug-likeness (QED) is 0.615. The lowest BCUT2D eigenvalue weighted by atomic mass is 10.1. The van der Waals surface area contributed by atoms with Gasteiger partial charge >= 0.3 is 5.97 Å². The minimum Gasteiger partial charge on any atom is -0.497 e. The highest BCUT2D eigenvalue weighted by molar-refractivity contribution is 6.00. The van der Waals surface area contributed by atoms with Crippen molar-refractivity contribution in [1.82, 2.24) is 4.98 Å². The van der Waals surface area contributed by atoms with Gasteiger partial charge in [0.1, 0.15) is 17.2 Å². The molecule has 0 aliphatic carbocycles. The number of aryl methyl sites for hydroxylation is 2. The van der Waals surface area contributed by atoms with E-state index in [4.69, 9.17) is 14.2 Å². The van der Waals surface area contributed by atoms with E-state index in [-0.39, 0.29) is 0 Å². The number of hydrogen-bond donors (Lipinski definition) is 2. The van der Waals surface area contributed by atoms with Crippen molar-refractivity contribution in [3.8, 4) is 11.5 Å². The Labute approximate surface area is 169 Å². The van der Waals surface area contributed by atoms with Crippen LogP contribution in [0.4, 0.5) is 5.69 Å². The van der Waals surface area contributed by atoms with Gasteiger partial charge in [-0.2, -0.15) is 0 Å². The van der Waals surface area contributed by atoms with E-state index in [1.807, 2.05) is 26.0 Å². The maximum atomic E-state index is 12.5. The van der Waals surface area contributed by atoms with Crippen LogP contribution in [-0.2, 0) is 9.53 Å². The van der Waals surface area contributed by atoms with Crippen molar-refractivity contribution in [2.75, 3.05) is 19.5 Å². The Kier molecular flexibility index (Phi) is 5.77. The van der Waals surface area contributed by atoms with Gasteiger partial charge in [0.25, 0.3) is 5.91 Å². The largest absolute Gasteiger partial charge is 0.497 e. The molecular formula is C22H24N2O5. The fourth-order valence-corrected chi connectivity index (χ4v) is 3.13. The van der Waals surface area contributed by atoms with Crippen LogP contribution in [0.1, 0.15) is 28.5 Å². The number of carbonyl (C=O) groups is 2. The number of H-pyrrole nitrogens is 1. The molecule has 0 fully saturated rings. The average molecular weight is 396 g/mol. The third kappa shape index (κ3) is 4.34. The van der Waals surface area contributed by atoms with Crippen LogP contribution in [0.15, 0.2) is 36.4 Å². The first-order valence-electron chi connectivity index (χ1n) is 9.16. The monoisotopic (exact) mass is 396 g/mol. The van der Waals surface area contributed by atoms with E-state index in [0.29, 0.717) is 22.9 Å². The Morgan fingerprint density at radius 1 is 1.03 bits per heavy atom. The highest BCUT2D eigenvalue weighted by Gasteiger charge is 2.22. The van der Waals surface area contributed by atoms with E-state index in [1.54, 1.807) is 24.3 Å². The van der Waals surface area contributed by atoms with E-state index in [9.17, 15) is 9.59 Å². The molecule has 0 saturated carbocycles. The van der Waals surface area contributed by atoms with Crippen molar-refractivity contribution in [2.24, 2.45) is 0 Å². The van der Waals surface area contributed by atoms with Gasteiger partial charge in [-0.15, -0.1) is 0 Å². The molecule has 7 nitrogen and oxygen atoms in total. The highest BCUT2D eigenvalue weighted by atomic mass is 16.5. The van der Waals surface area contributed by atoms with Crippen LogP contribution in [0.2, 0.25) is 0 Å². The highest BCUT2D eigenvalue weighted by Crippen LogP contribution is 2.29. The van der Waals surface area contributed by atoms with Crippen LogP contribution in [0.3, 0.4) is 0 Å². The second-order valence-corrected chi connectivity index (χ2v) is 6.83. The minimum absolute atomic E-state index is 0.298. The maximum absolute atomic E-state index is 12.5. The second kappa shape index (κ2) is 8.26. The molecule has 29 heavy (non-hydrogen) atoms. The van der Waals surface area contributed by atoms with Gasteiger partial charge < -0.3 is 24.5 Å². The predicted octanol–water partition coefficient (Wildman–Crippen LogP) is 3.99. The molecule has 2 aromatic carbocycles. The Bertz CT molecular complexity index is 1070. The summed E-state index contributed by atoms with van der Waals surface area (Å²) in [5.41, 5.74) is 3.74. The van der Waals surface area contributed by atoms with Crippen molar-refractivity contribution < 1.29 is 23.8 Å². The molecule has 152 valence electrons. The topological polar surface area (TPSA) is 89.7 Å². The molecule has 2 N–H and O–H groups in total. The summed E-state index contributed by atoms with van der Waals surface area (Å²) >= 11 is 0. The van der Waals surface area contributed by atoms with Crippen molar-refractivity contribution in [3.05, 3.63) is 53.2 Å². The average Bonchev–Trinajstić information content (AvgIpc) is 3.12. The first kappa shape index (κ1) is 20.3. The van der Waals surface area contributed by atoms with Gasteiger partial charge in [-0.25, -0.2) is 4.79 Å². The van der Waals surface area contributed by atoms with Gasteiger partial charge in [0.2, 0.25) is 0 Å². The number of benzene rings is 2. The number of hydrogen-bond acceptors (Lipinski definition) is 5. The zero-order valence-corrected chi connectivity index (χ0v) is 17.1. The number of anilines is 1. The van der Waals surface area contributed by atoms with Crippen molar-refractivity contribution in [1.29, 1.82) is 0 Å². The number of aromatic amines is 1. The number of nitrogens with one attached hydrogen (secondary N) is 2. The third-order valence-corrected chi connectivity index (χ3v) is 4.63. The molecule has 0 radical (unpaired) electrons. The zero-order valence-electron chi connectivity index (χ0n) is 17.1. The Balaban J connectivity index is 1.73. The van der Waals surface area contributed by atoms with E-state index < -0.39 is 18.0 Å². The van der Waals surface area contributed by atoms with Crippen molar-refractivity contribution >= 4 is 28.5 Å². The molecule has 1 aromatic heterocycles. The van der Waals surface area contributed by atoms with Gasteiger partial charge in [0.15, 0.2) is 6.10 Å². The summed E-state index contributed by atoms with van der Waals surface area (Å²) in [6.07, 6.45) is -1.01. The minimum atomic E-state index is -1.01. The summed E-state index contributed by atoms with van der Waals surface area (Å²) < 4.78 is 15.8. The SMILES string of the molecule is COc1ccc(OC)c(NC(=O)C(C)OC(=O)c2cc3c(C)cc(C)cc3[nH]2)c1. The number of methoxy groups -OCH3 is 2. The number of rotatable bonds is 6. The lowest BCUT2D eigenvalue weighted by Gasteiger charge is -2.15. The predicted molar refractivity (Wildman–Crippen MR) is 111 cm³/mol. The molecule has 0 spiro atoms. The van der Waals surface area contributed by atoms with E-state index >= 15 is 0 Å². The van der Waals surface area contributed by atoms with Gasteiger partial charge in [0.05, 0.1) is 19.9 Å². The van der Waals surface area contributed by atoms with Crippen LogP contribution >= 0.6 is 0 Å². The van der Waals surface area contributed by atoms with Crippen LogP contribution in [-0.4, -0.2) is 37.2 Å². The molecular weight excluding hydrogens is 372 g/mol. The third-order valence-electron chi connectivity index (χ3n) is 4.63. The normalized spacial score (nSPS) is 11.8. The number of carbonyl (C=O) groups excluding carboxylic acids is 2. The van der Waals surface area contributed by atoms with Crippen molar-refractivity contribution in [3.63, 3.8) is 0 Å². The number of fused-ring (bicyclic) bond motifs is 1. The number of amides is 1. The van der Waals surface area contributed by atoms with E-state index in [0.717, 1.165) is 22.0 Å². The van der Waals surface area contributed by atoms with Crippen LogP contribution < -0.4 is 14.8 Å². The summed E-state index contributed by atoms with van der Waals surface area (Å²) in [5, 5.41) is 3.65. The molecule has 1 heterocycles. The van der Waals surface area contributed by atoms with Gasteiger partial charge in [-0.1, -0.05) is 6.07 Å². The summed E-state index contributed by atoms with van der Waals surface area (Å²) in [6.45, 7) is 5.48.